The van der Waals surface area contributed by atoms with E-state index in [9.17, 15) is 5.11 Å². The molecule has 0 amide bonds. The van der Waals surface area contributed by atoms with Crippen molar-refractivity contribution >= 4 is 0 Å². The van der Waals surface area contributed by atoms with Crippen LogP contribution in [0.2, 0.25) is 0 Å². The highest BCUT2D eigenvalue weighted by atomic mass is 16.3. The monoisotopic (exact) mass is 286 g/mol. The van der Waals surface area contributed by atoms with Crippen LogP contribution < -0.4 is 0 Å². The summed E-state index contributed by atoms with van der Waals surface area (Å²) in [5.74, 6) is 0. The van der Waals surface area contributed by atoms with Crippen molar-refractivity contribution in [2.24, 2.45) is 7.05 Å². The number of benzene rings is 1. The fourth-order valence-corrected chi connectivity index (χ4v) is 2.81. The number of aromatic nitrogens is 2. The van der Waals surface area contributed by atoms with Crippen LogP contribution in [0.3, 0.4) is 0 Å². The molecule has 0 radical (unpaired) electrons. The van der Waals surface area contributed by atoms with Gasteiger partial charge in [0.25, 0.3) is 0 Å². The van der Waals surface area contributed by atoms with Crippen molar-refractivity contribution in [1.82, 2.24) is 9.78 Å². The van der Waals surface area contributed by atoms with Gasteiger partial charge in [0.15, 0.2) is 0 Å². The average Bonchev–Trinajstić information content (AvgIpc) is 2.76. The van der Waals surface area contributed by atoms with Gasteiger partial charge in [0.05, 0.1) is 11.8 Å². The summed E-state index contributed by atoms with van der Waals surface area (Å²) in [5.41, 5.74) is 5.54. The second-order valence-electron chi connectivity index (χ2n) is 6.95. The van der Waals surface area contributed by atoms with Crippen molar-refractivity contribution in [3.05, 3.63) is 52.3 Å². The summed E-state index contributed by atoms with van der Waals surface area (Å²) in [4.78, 5) is 0. The van der Waals surface area contributed by atoms with Gasteiger partial charge >= 0.3 is 0 Å². The van der Waals surface area contributed by atoms with Crippen molar-refractivity contribution in [3.8, 4) is 0 Å². The van der Waals surface area contributed by atoms with E-state index < -0.39 is 6.10 Å². The third-order valence-corrected chi connectivity index (χ3v) is 3.97. The van der Waals surface area contributed by atoms with Crippen LogP contribution in [0.1, 0.15) is 54.8 Å². The van der Waals surface area contributed by atoms with E-state index in [1.807, 2.05) is 13.2 Å². The highest BCUT2D eigenvalue weighted by Crippen LogP contribution is 2.31. The van der Waals surface area contributed by atoms with Gasteiger partial charge in [0.1, 0.15) is 0 Å². The van der Waals surface area contributed by atoms with Crippen LogP contribution in [0.5, 0.6) is 0 Å². The van der Waals surface area contributed by atoms with E-state index in [0.717, 1.165) is 11.3 Å². The first-order valence-corrected chi connectivity index (χ1v) is 7.47. The molecule has 1 aromatic heterocycles. The van der Waals surface area contributed by atoms with Crippen molar-refractivity contribution in [2.75, 3.05) is 0 Å². The minimum atomic E-state index is -0.521. The van der Waals surface area contributed by atoms with Gasteiger partial charge in [0, 0.05) is 30.6 Å². The predicted molar refractivity (Wildman–Crippen MR) is 86.5 cm³/mol. The van der Waals surface area contributed by atoms with E-state index in [0.29, 0.717) is 6.42 Å². The molecule has 0 aliphatic rings. The summed E-state index contributed by atoms with van der Waals surface area (Å²) in [5, 5.41) is 15.3. The second-order valence-corrected chi connectivity index (χ2v) is 6.95. The van der Waals surface area contributed by atoms with E-state index in [-0.39, 0.29) is 5.41 Å². The maximum atomic E-state index is 10.7. The van der Waals surface area contributed by atoms with Crippen molar-refractivity contribution in [3.63, 3.8) is 0 Å². The molecule has 0 spiro atoms. The van der Waals surface area contributed by atoms with Gasteiger partial charge in [0.2, 0.25) is 0 Å². The lowest BCUT2D eigenvalue weighted by atomic mass is 9.86. The Kier molecular flexibility index (Phi) is 4.24. The zero-order valence-electron chi connectivity index (χ0n) is 13.9. The molecule has 3 nitrogen and oxygen atoms in total. The Morgan fingerprint density at radius 1 is 1.19 bits per heavy atom. The lowest BCUT2D eigenvalue weighted by Gasteiger charge is -2.21. The topological polar surface area (TPSA) is 38.0 Å². The fraction of sp³-hybridized carbons (Fsp3) is 0.500. The van der Waals surface area contributed by atoms with Gasteiger partial charge in [-0.3, -0.25) is 4.68 Å². The first-order chi connectivity index (χ1) is 9.70. The zero-order chi connectivity index (χ0) is 15.8. The zero-order valence-corrected chi connectivity index (χ0v) is 13.9. The molecule has 0 aliphatic heterocycles. The number of aliphatic hydroxyl groups is 1. The first kappa shape index (κ1) is 15.8. The van der Waals surface area contributed by atoms with Crippen LogP contribution in [-0.4, -0.2) is 14.9 Å². The Balaban J connectivity index is 2.35. The van der Waals surface area contributed by atoms with Gasteiger partial charge < -0.3 is 5.11 Å². The van der Waals surface area contributed by atoms with Gasteiger partial charge in [-0.25, -0.2) is 0 Å². The summed E-state index contributed by atoms with van der Waals surface area (Å²) < 4.78 is 1.80. The molecule has 0 saturated heterocycles. The van der Waals surface area contributed by atoms with E-state index in [4.69, 9.17) is 0 Å². The highest BCUT2D eigenvalue weighted by molar-refractivity contribution is 5.36. The lowest BCUT2D eigenvalue weighted by molar-refractivity contribution is 0.175. The second kappa shape index (κ2) is 5.64. The molecular weight excluding hydrogens is 260 g/mol. The molecule has 0 saturated carbocycles. The molecule has 21 heavy (non-hydrogen) atoms. The molecule has 2 rings (SSSR count). The average molecular weight is 286 g/mol. The van der Waals surface area contributed by atoms with Crippen LogP contribution in [0.25, 0.3) is 0 Å². The smallest absolute Gasteiger partial charge is 0.0864 e. The number of aryl methyl sites for hydroxylation is 3. The maximum absolute atomic E-state index is 10.7. The molecule has 0 aliphatic carbocycles. The Hall–Kier alpha value is -1.61. The lowest BCUT2D eigenvalue weighted by Crippen LogP contribution is -2.17. The Labute approximate surface area is 127 Å². The SMILES string of the molecule is Cc1cccc(C)c1CC(O)c1cn(C)nc1C(C)(C)C. The molecule has 1 atom stereocenters. The Bertz CT molecular complexity index is 615. The van der Waals surface area contributed by atoms with Crippen LogP contribution in [0.15, 0.2) is 24.4 Å². The fourth-order valence-electron chi connectivity index (χ4n) is 2.81. The molecule has 2 aromatic rings. The normalized spacial score (nSPS) is 13.5. The summed E-state index contributed by atoms with van der Waals surface area (Å²) in [7, 11) is 1.91. The van der Waals surface area contributed by atoms with Crippen molar-refractivity contribution < 1.29 is 5.11 Å². The molecule has 1 N–H and O–H groups in total. The maximum Gasteiger partial charge on any atom is 0.0864 e. The third-order valence-electron chi connectivity index (χ3n) is 3.97. The molecule has 3 heteroatoms. The molecule has 1 heterocycles. The standard InChI is InChI=1S/C18H26N2O/c1-12-8-7-9-13(2)14(12)10-16(21)15-11-20(6)19-17(15)18(3,4)5/h7-9,11,16,21H,10H2,1-6H3. The van der Waals surface area contributed by atoms with E-state index in [1.165, 1.54) is 16.7 Å². The Morgan fingerprint density at radius 3 is 2.29 bits per heavy atom. The van der Waals surface area contributed by atoms with E-state index >= 15 is 0 Å². The summed E-state index contributed by atoms with van der Waals surface area (Å²) >= 11 is 0. The van der Waals surface area contributed by atoms with Crippen LogP contribution in [0, 0.1) is 13.8 Å². The quantitative estimate of drug-likeness (QED) is 0.936. The Morgan fingerprint density at radius 2 is 1.76 bits per heavy atom. The first-order valence-electron chi connectivity index (χ1n) is 7.47. The number of hydrogen-bond donors (Lipinski definition) is 1. The van der Waals surface area contributed by atoms with Crippen molar-refractivity contribution in [2.45, 2.75) is 52.6 Å². The molecule has 0 bridgehead atoms. The molecule has 114 valence electrons. The van der Waals surface area contributed by atoms with Gasteiger partial charge in [-0.15, -0.1) is 0 Å². The summed E-state index contributed by atoms with van der Waals surface area (Å²) in [6, 6.07) is 6.26. The third kappa shape index (κ3) is 3.35. The number of aliphatic hydroxyl groups excluding tert-OH is 1. The summed E-state index contributed by atoms with van der Waals surface area (Å²) in [6.45, 7) is 10.6. The molecular formula is C18H26N2O. The van der Waals surface area contributed by atoms with Crippen LogP contribution >= 0.6 is 0 Å². The molecule has 0 fully saturated rings. The highest BCUT2D eigenvalue weighted by Gasteiger charge is 2.26. The minimum Gasteiger partial charge on any atom is -0.388 e. The van der Waals surface area contributed by atoms with E-state index in [1.54, 1.807) is 4.68 Å². The van der Waals surface area contributed by atoms with Gasteiger partial charge in [-0.1, -0.05) is 39.0 Å². The summed E-state index contributed by atoms with van der Waals surface area (Å²) in [6.07, 6.45) is 2.05. The van der Waals surface area contributed by atoms with E-state index in [2.05, 4.69) is 57.9 Å². The molecule has 1 unspecified atom stereocenters. The number of hydrogen-bond acceptors (Lipinski definition) is 2. The number of nitrogens with zero attached hydrogens (tertiary/aromatic N) is 2. The van der Waals surface area contributed by atoms with Crippen molar-refractivity contribution in [1.29, 1.82) is 0 Å². The van der Waals surface area contributed by atoms with Crippen LogP contribution in [-0.2, 0) is 18.9 Å². The largest absolute Gasteiger partial charge is 0.388 e. The van der Waals surface area contributed by atoms with Gasteiger partial charge in [-0.2, -0.15) is 5.10 Å². The predicted octanol–water partition coefficient (Wildman–Crippen LogP) is 3.61. The van der Waals surface area contributed by atoms with Crippen LogP contribution in [0.4, 0.5) is 0 Å². The number of rotatable bonds is 3. The van der Waals surface area contributed by atoms with Gasteiger partial charge in [-0.05, 0) is 30.5 Å². The molecule has 1 aromatic carbocycles. The minimum absolute atomic E-state index is 0.0711.